The van der Waals surface area contributed by atoms with Crippen molar-refractivity contribution in [3.8, 4) is 11.5 Å². The number of rotatable bonds is 8. The summed E-state index contributed by atoms with van der Waals surface area (Å²) in [5.41, 5.74) is 1.64. The Balaban J connectivity index is 1.58. The summed E-state index contributed by atoms with van der Waals surface area (Å²) in [4.78, 5) is 22.0. The molecule has 3 aromatic rings. The number of thiazole rings is 1. The summed E-state index contributed by atoms with van der Waals surface area (Å²) in [5, 5.41) is 1.17. The highest BCUT2D eigenvalue weighted by Gasteiger charge is 2.24. The van der Waals surface area contributed by atoms with Crippen molar-refractivity contribution >= 4 is 44.2 Å². The van der Waals surface area contributed by atoms with Gasteiger partial charge >= 0.3 is 0 Å². The number of carbonyl (C=O) groups is 1. The van der Waals surface area contributed by atoms with E-state index in [2.05, 4.69) is 4.90 Å². The number of hydrogen-bond donors (Lipinski definition) is 0. The molecule has 170 valence electrons. The van der Waals surface area contributed by atoms with Crippen LogP contribution in [-0.2, 0) is 9.53 Å². The molecule has 4 rings (SSSR count). The van der Waals surface area contributed by atoms with Crippen LogP contribution in [0, 0.1) is 6.92 Å². The highest BCUT2D eigenvalue weighted by atomic mass is 35.5. The van der Waals surface area contributed by atoms with Gasteiger partial charge in [0.25, 0.3) is 5.91 Å². The number of anilines is 1. The average molecular weight is 476 g/mol. The summed E-state index contributed by atoms with van der Waals surface area (Å²) in [6.45, 7) is 6.21. The zero-order valence-electron chi connectivity index (χ0n) is 18.2. The molecule has 1 saturated heterocycles. The molecule has 0 atom stereocenters. The number of ether oxygens (including phenoxy) is 3. The minimum Gasteiger partial charge on any atom is -0.494 e. The van der Waals surface area contributed by atoms with Gasteiger partial charge in [0.05, 0.1) is 30.0 Å². The molecule has 0 bridgehead atoms. The van der Waals surface area contributed by atoms with Crippen molar-refractivity contribution in [2.45, 2.75) is 6.92 Å². The van der Waals surface area contributed by atoms with Crippen molar-refractivity contribution in [1.29, 1.82) is 0 Å². The number of aromatic nitrogens is 1. The van der Waals surface area contributed by atoms with Gasteiger partial charge in [0.1, 0.15) is 17.0 Å². The molecule has 1 amide bonds. The Kier molecular flexibility index (Phi) is 7.47. The predicted molar refractivity (Wildman–Crippen MR) is 127 cm³/mol. The van der Waals surface area contributed by atoms with Gasteiger partial charge in [-0.25, -0.2) is 4.98 Å². The second kappa shape index (κ2) is 10.5. The number of methoxy groups -OCH3 is 1. The number of morpholine rings is 1. The Morgan fingerprint density at radius 1 is 1.22 bits per heavy atom. The van der Waals surface area contributed by atoms with Crippen LogP contribution >= 0.6 is 22.9 Å². The number of benzene rings is 2. The zero-order valence-corrected chi connectivity index (χ0v) is 19.7. The lowest BCUT2D eigenvalue weighted by Gasteiger charge is -2.29. The molecule has 0 N–H and O–H groups in total. The zero-order chi connectivity index (χ0) is 22.5. The molecule has 2 heterocycles. The van der Waals surface area contributed by atoms with Crippen LogP contribution in [0.4, 0.5) is 5.13 Å². The van der Waals surface area contributed by atoms with E-state index in [1.807, 2.05) is 31.2 Å². The molecule has 0 radical (unpaired) electrons. The molecule has 1 fully saturated rings. The van der Waals surface area contributed by atoms with E-state index in [-0.39, 0.29) is 12.5 Å². The standard InChI is InChI=1S/C23H26ClN3O4S/c1-16-5-3-4-6-18(16)31-15-20(28)27(10-9-26-11-13-30-14-12-26)23-25-21-19(29-2)8-7-17(24)22(21)32-23/h3-8H,9-15H2,1-2H3. The second-order valence-electron chi connectivity index (χ2n) is 7.48. The topological polar surface area (TPSA) is 64.1 Å². The lowest BCUT2D eigenvalue weighted by Crippen LogP contribution is -2.44. The number of carbonyl (C=O) groups excluding carboxylic acids is 1. The molecule has 0 unspecified atom stereocenters. The third kappa shape index (κ3) is 5.15. The fourth-order valence-electron chi connectivity index (χ4n) is 3.55. The van der Waals surface area contributed by atoms with Crippen molar-refractivity contribution in [2.24, 2.45) is 0 Å². The molecule has 0 aliphatic carbocycles. The Morgan fingerprint density at radius 3 is 2.75 bits per heavy atom. The third-order valence-corrected chi connectivity index (χ3v) is 6.93. The first kappa shape index (κ1) is 22.8. The monoisotopic (exact) mass is 475 g/mol. The summed E-state index contributed by atoms with van der Waals surface area (Å²) in [7, 11) is 1.60. The van der Waals surface area contributed by atoms with Crippen LogP contribution in [0.2, 0.25) is 5.02 Å². The van der Waals surface area contributed by atoms with Crippen LogP contribution in [0.1, 0.15) is 5.56 Å². The summed E-state index contributed by atoms with van der Waals surface area (Å²) < 4.78 is 17.5. The lowest BCUT2D eigenvalue weighted by molar-refractivity contribution is -0.120. The fourth-order valence-corrected chi connectivity index (χ4v) is 4.85. The van der Waals surface area contributed by atoms with Gasteiger partial charge in [-0.1, -0.05) is 41.1 Å². The van der Waals surface area contributed by atoms with Crippen LogP contribution in [0.5, 0.6) is 11.5 Å². The van der Waals surface area contributed by atoms with Gasteiger partial charge in [0.2, 0.25) is 0 Å². The van der Waals surface area contributed by atoms with E-state index < -0.39 is 0 Å². The first-order valence-electron chi connectivity index (χ1n) is 10.5. The normalized spacial score (nSPS) is 14.5. The second-order valence-corrected chi connectivity index (χ2v) is 8.86. The molecule has 32 heavy (non-hydrogen) atoms. The Labute approximate surface area is 196 Å². The van der Waals surface area contributed by atoms with Crippen molar-refractivity contribution in [2.75, 3.05) is 58.0 Å². The molecule has 9 heteroatoms. The number of para-hydroxylation sites is 1. The van der Waals surface area contributed by atoms with Gasteiger partial charge in [-0.2, -0.15) is 0 Å². The molecule has 1 aliphatic rings. The Morgan fingerprint density at radius 2 is 2.00 bits per heavy atom. The van der Waals surface area contributed by atoms with Gasteiger partial charge in [-0.05, 0) is 30.7 Å². The van der Waals surface area contributed by atoms with E-state index in [9.17, 15) is 4.79 Å². The molecule has 7 nitrogen and oxygen atoms in total. The fraction of sp³-hybridized carbons (Fsp3) is 0.391. The first-order valence-corrected chi connectivity index (χ1v) is 11.7. The van der Waals surface area contributed by atoms with Crippen LogP contribution in [0.15, 0.2) is 36.4 Å². The number of hydrogen-bond acceptors (Lipinski definition) is 7. The Bertz CT molecular complexity index is 1080. The first-order chi connectivity index (χ1) is 15.6. The lowest BCUT2D eigenvalue weighted by atomic mass is 10.2. The maximum absolute atomic E-state index is 13.3. The van der Waals surface area contributed by atoms with Crippen molar-refractivity contribution in [3.63, 3.8) is 0 Å². The van der Waals surface area contributed by atoms with E-state index in [0.717, 1.165) is 29.9 Å². The van der Waals surface area contributed by atoms with Gasteiger partial charge < -0.3 is 14.2 Å². The predicted octanol–water partition coefficient (Wildman–Crippen LogP) is 4.01. The van der Waals surface area contributed by atoms with Crippen LogP contribution in [-0.4, -0.2) is 68.9 Å². The highest BCUT2D eigenvalue weighted by Crippen LogP contribution is 2.38. The average Bonchev–Trinajstić information content (AvgIpc) is 3.26. The third-order valence-electron chi connectivity index (χ3n) is 5.39. The number of amides is 1. The summed E-state index contributed by atoms with van der Waals surface area (Å²) in [6, 6.07) is 11.2. The van der Waals surface area contributed by atoms with E-state index in [1.165, 1.54) is 11.3 Å². The SMILES string of the molecule is COc1ccc(Cl)c2sc(N(CCN3CCOCC3)C(=O)COc3ccccc3C)nc12. The number of halogens is 1. The molecule has 0 spiro atoms. The van der Waals surface area contributed by atoms with Crippen LogP contribution < -0.4 is 14.4 Å². The minimum atomic E-state index is -0.157. The van der Waals surface area contributed by atoms with E-state index in [4.69, 9.17) is 30.8 Å². The van der Waals surface area contributed by atoms with Gasteiger partial charge in [0.15, 0.2) is 11.7 Å². The quantitative estimate of drug-likeness (QED) is 0.490. The largest absolute Gasteiger partial charge is 0.494 e. The maximum Gasteiger partial charge on any atom is 0.266 e. The van der Waals surface area contributed by atoms with Gasteiger partial charge in [-0.15, -0.1) is 0 Å². The summed E-state index contributed by atoms with van der Waals surface area (Å²) >= 11 is 7.79. The van der Waals surface area contributed by atoms with Crippen molar-refractivity contribution in [1.82, 2.24) is 9.88 Å². The van der Waals surface area contributed by atoms with Crippen molar-refractivity contribution < 1.29 is 19.0 Å². The Hall–Kier alpha value is -2.39. The van der Waals surface area contributed by atoms with Gasteiger partial charge in [-0.3, -0.25) is 14.6 Å². The molecular weight excluding hydrogens is 450 g/mol. The van der Waals surface area contributed by atoms with Crippen LogP contribution in [0.25, 0.3) is 10.2 Å². The van der Waals surface area contributed by atoms with E-state index in [0.29, 0.717) is 46.9 Å². The molecule has 1 aromatic heterocycles. The highest BCUT2D eigenvalue weighted by molar-refractivity contribution is 7.23. The van der Waals surface area contributed by atoms with E-state index >= 15 is 0 Å². The number of nitrogens with zero attached hydrogens (tertiary/aromatic N) is 3. The summed E-state index contributed by atoms with van der Waals surface area (Å²) in [5.74, 6) is 1.17. The maximum atomic E-state index is 13.3. The molecule has 2 aromatic carbocycles. The van der Waals surface area contributed by atoms with Crippen LogP contribution in [0.3, 0.4) is 0 Å². The minimum absolute atomic E-state index is 0.0746. The number of fused-ring (bicyclic) bond motifs is 1. The van der Waals surface area contributed by atoms with Crippen molar-refractivity contribution in [3.05, 3.63) is 47.0 Å². The summed E-state index contributed by atoms with van der Waals surface area (Å²) in [6.07, 6.45) is 0. The molecule has 1 aliphatic heterocycles. The molecular formula is C23H26ClN3O4S. The smallest absolute Gasteiger partial charge is 0.266 e. The van der Waals surface area contributed by atoms with E-state index in [1.54, 1.807) is 24.1 Å². The van der Waals surface area contributed by atoms with Gasteiger partial charge in [0, 0.05) is 26.2 Å². The molecule has 0 saturated carbocycles. The number of aryl methyl sites for hydroxylation is 1.